The largest absolute Gasteiger partial charge is 0.426 e. The predicted octanol–water partition coefficient (Wildman–Crippen LogP) is 5.27. The fourth-order valence-electron chi connectivity index (χ4n) is 3.76. The molecule has 4 rings (SSSR count). The molecule has 0 radical (unpaired) electrons. The van der Waals surface area contributed by atoms with E-state index < -0.39 is 0 Å². The Kier molecular flexibility index (Phi) is 6.80. The molecule has 0 saturated carbocycles. The third-order valence-electron chi connectivity index (χ3n) is 5.40. The van der Waals surface area contributed by atoms with Gasteiger partial charge in [-0.1, -0.05) is 53.7 Å². The van der Waals surface area contributed by atoms with Gasteiger partial charge in [0, 0.05) is 35.8 Å². The highest BCUT2D eigenvalue weighted by molar-refractivity contribution is 7.99. The van der Waals surface area contributed by atoms with Crippen molar-refractivity contribution in [3.63, 3.8) is 0 Å². The number of aromatic nitrogens is 1. The molecule has 32 heavy (non-hydrogen) atoms. The number of carbonyl (C=O) groups is 1. The second-order valence-corrected chi connectivity index (χ2v) is 9.13. The van der Waals surface area contributed by atoms with E-state index in [9.17, 15) is 10.1 Å². The maximum absolute atomic E-state index is 12.5. The van der Waals surface area contributed by atoms with Gasteiger partial charge in [0.1, 0.15) is 16.8 Å². The Hall–Kier alpha value is -2.85. The summed E-state index contributed by atoms with van der Waals surface area (Å²) in [6, 6.07) is 17.2. The number of nitrogens with zero attached hydrogens (tertiary/aromatic N) is 3. The maximum atomic E-state index is 12.5. The number of aryl methyl sites for hydroxylation is 1. The van der Waals surface area contributed by atoms with Crippen molar-refractivity contribution in [3.05, 3.63) is 75.9 Å². The monoisotopic (exact) mass is 463 g/mol. The van der Waals surface area contributed by atoms with Crippen molar-refractivity contribution in [2.75, 3.05) is 19.3 Å². The number of thioether (sulfide) groups is 1. The molecule has 0 bridgehead atoms. The van der Waals surface area contributed by atoms with Crippen molar-refractivity contribution in [1.82, 2.24) is 9.88 Å². The van der Waals surface area contributed by atoms with Crippen molar-refractivity contribution in [3.8, 4) is 22.9 Å². The molecule has 1 aromatic heterocycles. The van der Waals surface area contributed by atoms with Gasteiger partial charge in [0.2, 0.25) is 0 Å². The molecule has 1 aliphatic heterocycles. The summed E-state index contributed by atoms with van der Waals surface area (Å²) in [5.41, 5.74) is 5.20. The number of rotatable bonds is 5. The van der Waals surface area contributed by atoms with Crippen LogP contribution in [0.2, 0.25) is 5.02 Å². The first-order valence-corrected chi connectivity index (χ1v) is 11.6. The Morgan fingerprint density at radius 1 is 1.25 bits per heavy atom. The highest BCUT2D eigenvalue weighted by Crippen LogP contribution is 2.37. The molecule has 2 heterocycles. The number of likely N-dealkylation sites (N-methyl/N-ethyl adjacent to an activating group) is 1. The van der Waals surface area contributed by atoms with Gasteiger partial charge >= 0.3 is 5.97 Å². The van der Waals surface area contributed by atoms with E-state index in [0.29, 0.717) is 21.4 Å². The zero-order valence-electron chi connectivity index (χ0n) is 17.9. The second kappa shape index (κ2) is 9.74. The first-order valence-electron chi connectivity index (χ1n) is 10.3. The van der Waals surface area contributed by atoms with Crippen LogP contribution in [0.25, 0.3) is 11.1 Å². The maximum Gasteiger partial charge on any atom is 0.321 e. The summed E-state index contributed by atoms with van der Waals surface area (Å²) in [5.74, 6) is 0.233. The van der Waals surface area contributed by atoms with Crippen molar-refractivity contribution in [2.24, 2.45) is 0 Å². The first-order chi connectivity index (χ1) is 15.5. The third kappa shape index (κ3) is 4.81. The molecule has 162 valence electrons. The summed E-state index contributed by atoms with van der Waals surface area (Å²) in [7, 11) is 2.06. The van der Waals surface area contributed by atoms with Gasteiger partial charge in [-0.3, -0.25) is 4.79 Å². The lowest BCUT2D eigenvalue weighted by Gasteiger charge is -2.28. The fraction of sp³-hybridized carbons (Fsp3) is 0.240. The number of halogens is 1. The van der Waals surface area contributed by atoms with Gasteiger partial charge < -0.3 is 9.64 Å². The summed E-state index contributed by atoms with van der Waals surface area (Å²) in [5, 5.41) is 11.3. The third-order valence-corrected chi connectivity index (χ3v) is 6.60. The van der Waals surface area contributed by atoms with Crippen LogP contribution in [0.5, 0.6) is 5.75 Å². The zero-order valence-corrected chi connectivity index (χ0v) is 19.5. The molecule has 0 unspecified atom stereocenters. The number of fused-ring (bicyclic) bond motifs is 1. The number of esters is 1. The topological polar surface area (TPSA) is 66.2 Å². The van der Waals surface area contributed by atoms with Crippen LogP contribution < -0.4 is 4.74 Å². The Labute approximate surface area is 197 Å². The van der Waals surface area contributed by atoms with Gasteiger partial charge in [0.25, 0.3) is 0 Å². The van der Waals surface area contributed by atoms with Crippen LogP contribution in [-0.2, 0) is 17.8 Å². The highest BCUT2D eigenvalue weighted by Gasteiger charge is 2.25. The van der Waals surface area contributed by atoms with Crippen LogP contribution in [0.3, 0.4) is 0 Å². The number of ether oxygens (including phenoxy) is 1. The van der Waals surface area contributed by atoms with Gasteiger partial charge in [-0.2, -0.15) is 5.26 Å². The summed E-state index contributed by atoms with van der Waals surface area (Å²) in [6.07, 6.45) is 0.791. The quantitative estimate of drug-likeness (QED) is 0.292. The molecular formula is C25H22ClN3O2S. The highest BCUT2D eigenvalue weighted by atomic mass is 35.5. The Balaban J connectivity index is 1.67. The number of benzene rings is 2. The van der Waals surface area contributed by atoms with Crippen LogP contribution in [0, 0.1) is 18.3 Å². The number of hydrogen-bond donors (Lipinski definition) is 0. The molecule has 0 amide bonds. The molecule has 5 nitrogen and oxygen atoms in total. The molecule has 0 spiro atoms. The van der Waals surface area contributed by atoms with E-state index in [0.717, 1.165) is 47.5 Å². The Bertz CT molecular complexity index is 1210. The molecule has 0 saturated heterocycles. The molecule has 0 N–H and O–H groups in total. The standard InChI is InChI=1S/C25H22ClN3O2S/c1-16-5-3-4-6-22(16)31-23(30)15-32-25-19(13-27)24(17-7-9-18(26)10-8-17)20-14-29(2)12-11-21(20)28-25/h3-10H,11-12,14-15H2,1-2H3. The summed E-state index contributed by atoms with van der Waals surface area (Å²) in [4.78, 5) is 19.5. The van der Waals surface area contributed by atoms with Crippen molar-refractivity contribution >= 4 is 29.3 Å². The van der Waals surface area contributed by atoms with Gasteiger partial charge in [-0.05, 0) is 48.9 Å². The fourth-order valence-corrected chi connectivity index (χ4v) is 4.67. The van der Waals surface area contributed by atoms with Crippen LogP contribution >= 0.6 is 23.4 Å². The molecular weight excluding hydrogens is 442 g/mol. The second-order valence-electron chi connectivity index (χ2n) is 7.73. The van der Waals surface area contributed by atoms with E-state index in [1.807, 2.05) is 49.4 Å². The zero-order chi connectivity index (χ0) is 22.7. The SMILES string of the molecule is Cc1ccccc1OC(=O)CSc1nc2c(c(-c3ccc(Cl)cc3)c1C#N)CN(C)CC2. The summed E-state index contributed by atoms with van der Waals surface area (Å²) in [6.45, 7) is 3.50. The predicted molar refractivity (Wildman–Crippen MR) is 127 cm³/mol. The van der Waals surface area contributed by atoms with E-state index in [1.54, 1.807) is 6.07 Å². The van der Waals surface area contributed by atoms with Crippen molar-refractivity contribution in [1.29, 1.82) is 5.26 Å². The van der Waals surface area contributed by atoms with Crippen molar-refractivity contribution < 1.29 is 9.53 Å². The van der Waals surface area contributed by atoms with E-state index in [1.165, 1.54) is 11.8 Å². The molecule has 0 atom stereocenters. The molecule has 3 aromatic rings. The average Bonchev–Trinajstić information content (AvgIpc) is 2.79. The van der Waals surface area contributed by atoms with Crippen LogP contribution in [0.15, 0.2) is 53.6 Å². The van der Waals surface area contributed by atoms with E-state index in [-0.39, 0.29) is 11.7 Å². The number of pyridine rings is 1. The van der Waals surface area contributed by atoms with Crippen molar-refractivity contribution in [2.45, 2.75) is 24.9 Å². The average molecular weight is 464 g/mol. The minimum absolute atomic E-state index is 0.0642. The number of carbonyl (C=O) groups excluding carboxylic acids is 1. The van der Waals surface area contributed by atoms with E-state index >= 15 is 0 Å². The van der Waals surface area contributed by atoms with E-state index in [2.05, 4.69) is 18.0 Å². The van der Waals surface area contributed by atoms with Crippen LogP contribution in [0.1, 0.15) is 22.4 Å². The molecule has 1 aliphatic rings. The van der Waals surface area contributed by atoms with Gasteiger partial charge in [-0.15, -0.1) is 0 Å². The minimum atomic E-state index is -0.375. The van der Waals surface area contributed by atoms with Gasteiger partial charge in [-0.25, -0.2) is 4.98 Å². The van der Waals surface area contributed by atoms with Crippen LogP contribution in [-0.4, -0.2) is 35.2 Å². The minimum Gasteiger partial charge on any atom is -0.426 e. The van der Waals surface area contributed by atoms with Gasteiger partial charge in [0.05, 0.1) is 11.3 Å². The van der Waals surface area contributed by atoms with E-state index in [4.69, 9.17) is 21.3 Å². The normalized spacial score (nSPS) is 13.3. The first kappa shape index (κ1) is 22.3. The number of nitriles is 1. The molecule has 7 heteroatoms. The number of para-hydroxylation sites is 1. The molecule has 0 aliphatic carbocycles. The lowest BCUT2D eigenvalue weighted by Crippen LogP contribution is -2.28. The number of hydrogen-bond acceptors (Lipinski definition) is 6. The molecule has 2 aromatic carbocycles. The Morgan fingerprint density at radius 3 is 2.72 bits per heavy atom. The molecule has 0 fully saturated rings. The summed E-state index contributed by atoms with van der Waals surface area (Å²) < 4.78 is 5.50. The lowest BCUT2D eigenvalue weighted by molar-refractivity contribution is -0.131. The summed E-state index contributed by atoms with van der Waals surface area (Å²) >= 11 is 7.33. The Morgan fingerprint density at radius 2 is 2.00 bits per heavy atom. The smallest absolute Gasteiger partial charge is 0.321 e. The van der Waals surface area contributed by atoms with Crippen LogP contribution in [0.4, 0.5) is 0 Å². The lowest BCUT2D eigenvalue weighted by atomic mass is 9.92. The van der Waals surface area contributed by atoms with Gasteiger partial charge in [0.15, 0.2) is 0 Å².